The third-order valence-electron chi connectivity index (χ3n) is 1.72. The van der Waals surface area contributed by atoms with Crippen LogP contribution in [0.5, 0.6) is 0 Å². The molecule has 0 saturated heterocycles. The topological polar surface area (TPSA) is 9.23 Å². The predicted molar refractivity (Wildman–Crippen MR) is 38.4 cm³/mol. The first-order chi connectivity index (χ1) is 4.12. The van der Waals surface area contributed by atoms with Gasteiger partial charge in [-0.1, -0.05) is 13.8 Å². The minimum absolute atomic E-state index is 0.282. The van der Waals surface area contributed by atoms with Gasteiger partial charge in [0.1, 0.15) is 0 Å². The molecule has 1 fully saturated rings. The monoisotopic (exact) mass is 128 g/mol. The van der Waals surface area contributed by atoms with Crippen LogP contribution in [0, 0.1) is 5.92 Å². The van der Waals surface area contributed by atoms with Crippen molar-refractivity contribution in [2.24, 2.45) is 5.92 Å². The second-order valence-corrected chi connectivity index (χ2v) is 3.65. The number of hydrogen-bond donors (Lipinski definition) is 0. The van der Waals surface area contributed by atoms with Gasteiger partial charge in [-0.2, -0.15) is 0 Å². The second kappa shape index (κ2) is 2.30. The zero-order chi connectivity index (χ0) is 6.91. The molecule has 0 atom stereocenters. The van der Waals surface area contributed by atoms with Gasteiger partial charge in [0.15, 0.2) is 0 Å². The van der Waals surface area contributed by atoms with Gasteiger partial charge in [0.05, 0.1) is 5.60 Å². The van der Waals surface area contributed by atoms with Crippen molar-refractivity contribution in [3.05, 3.63) is 0 Å². The quantitative estimate of drug-likeness (QED) is 0.566. The summed E-state index contributed by atoms with van der Waals surface area (Å²) < 4.78 is 5.60. The summed E-state index contributed by atoms with van der Waals surface area (Å²) in [6.07, 6.45) is 2.53. The van der Waals surface area contributed by atoms with Crippen LogP contribution in [-0.4, -0.2) is 12.2 Å². The first-order valence-electron chi connectivity index (χ1n) is 3.76. The predicted octanol–water partition coefficient (Wildman–Crippen LogP) is 2.21. The van der Waals surface area contributed by atoms with Crippen LogP contribution >= 0.6 is 0 Å². The molecule has 1 saturated carbocycles. The highest BCUT2D eigenvalue weighted by molar-refractivity contribution is 4.90. The van der Waals surface area contributed by atoms with Crippen LogP contribution in [0.15, 0.2) is 0 Å². The van der Waals surface area contributed by atoms with Crippen molar-refractivity contribution in [1.82, 2.24) is 0 Å². The van der Waals surface area contributed by atoms with Crippen LogP contribution in [0.4, 0.5) is 0 Å². The Bertz CT molecular complexity index is 92.7. The van der Waals surface area contributed by atoms with E-state index in [1.807, 2.05) is 0 Å². The van der Waals surface area contributed by atoms with E-state index in [0.29, 0.717) is 5.92 Å². The summed E-state index contributed by atoms with van der Waals surface area (Å²) in [4.78, 5) is 0. The standard InChI is InChI=1S/C8H16O/c1-7(2)6-9-8(3)4-5-8/h7H,4-6H2,1-3H3. The van der Waals surface area contributed by atoms with Gasteiger partial charge < -0.3 is 4.74 Å². The Hall–Kier alpha value is -0.0400. The Labute approximate surface area is 57.4 Å². The van der Waals surface area contributed by atoms with Gasteiger partial charge in [0, 0.05) is 6.61 Å². The lowest BCUT2D eigenvalue weighted by Crippen LogP contribution is -2.12. The van der Waals surface area contributed by atoms with Gasteiger partial charge in [-0.05, 0) is 25.7 Å². The van der Waals surface area contributed by atoms with Gasteiger partial charge in [0.2, 0.25) is 0 Å². The lowest BCUT2D eigenvalue weighted by molar-refractivity contribution is 0.0291. The molecule has 0 aromatic carbocycles. The molecule has 0 radical (unpaired) electrons. The van der Waals surface area contributed by atoms with Crippen molar-refractivity contribution < 1.29 is 4.74 Å². The molecule has 0 amide bonds. The zero-order valence-electron chi connectivity index (χ0n) is 6.61. The van der Waals surface area contributed by atoms with Crippen molar-refractivity contribution in [2.75, 3.05) is 6.61 Å². The summed E-state index contributed by atoms with van der Waals surface area (Å²) in [6, 6.07) is 0. The third kappa shape index (κ3) is 2.35. The molecule has 0 aromatic heterocycles. The molecule has 0 unspecified atom stereocenters. The molecule has 0 bridgehead atoms. The first-order valence-corrected chi connectivity index (χ1v) is 3.76. The lowest BCUT2D eigenvalue weighted by Gasteiger charge is -2.11. The molecule has 1 rings (SSSR count). The van der Waals surface area contributed by atoms with E-state index in [0.717, 1.165) is 6.61 Å². The highest BCUT2D eigenvalue weighted by Crippen LogP contribution is 2.38. The molecule has 1 aliphatic carbocycles. The minimum Gasteiger partial charge on any atom is -0.375 e. The first kappa shape index (κ1) is 7.07. The maximum absolute atomic E-state index is 5.60. The Morgan fingerprint density at radius 1 is 1.44 bits per heavy atom. The molecule has 54 valence electrons. The molecule has 1 nitrogen and oxygen atoms in total. The molecular formula is C8H16O. The van der Waals surface area contributed by atoms with Crippen LogP contribution in [0.1, 0.15) is 33.6 Å². The number of hydrogen-bond acceptors (Lipinski definition) is 1. The van der Waals surface area contributed by atoms with Gasteiger partial charge in [-0.3, -0.25) is 0 Å². The molecule has 1 aliphatic rings. The fourth-order valence-electron chi connectivity index (χ4n) is 0.688. The van der Waals surface area contributed by atoms with E-state index in [1.54, 1.807) is 0 Å². The summed E-state index contributed by atoms with van der Waals surface area (Å²) in [5.74, 6) is 0.683. The molecule has 0 heterocycles. The smallest absolute Gasteiger partial charge is 0.0656 e. The van der Waals surface area contributed by atoms with Crippen LogP contribution < -0.4 is 0 Å². The minimum atomic E-state index is 0.282. The summed E-state index contributed by atoms with van der Waals surface area (Å²) in [5.41, 5.74) is 0.282. The molecule has 0 spiro atoms. The maximum Gasteiger partial charge on any atom is 0.0656 e. The normalized spacial score (nSPS) is 22.7. The van der Waals surface area contributed by atoms with Crippen LogP contribution in [-0.2, 0) is 4.74 Å². The maximum atomic E-state index is 5.60. The van der Waals surface area contributed by atoms with Gasteiger partial charge >= 0.3 is 0 Å². The Morgan fingerprint density at radius 3 is 2.33 bits per heavy atom. The van der Waals surface area contributed by atoms with E-state index in [-0.39, 0.29) is 5.60 Å². The van der Waals surface area contributed by atoms with E-state index in [1.165, 1.54) is 12.8 Å². The van der Waals surface area contributed by atoms with E-state index >= 15 is 0 Å². The highest BCUT2D eigenvalue weighted by atomic mass is 16.5. The summed E-state index contributed by atoms with van der Waals surface area (Å²) >= 11 is 0. The van der Waals surface area contributed by atoms with E-state index in [4.69, 9.17) is 4.74 Å². The Balaban J connectivity index is 2.05. The Morgan fingerprint density at radius 2 is 2.00 bits per heavy atom. The zero-order valence-corrected chi connectivity index (χ0v) is 6.61. The molecule has 9 heavy (non-hydrogen) atoms. The van der Waals surface area contributed by atoms with E-state index in [2.05, 4.69) is 20.8 Å². The van der Waals surface area contributed by atoms with Gasteiger partial charge in [-0.15, -0.1) is 0 Å². The van der Waals surface area contributed by atoms with Crippen molar-refractivity contribution in [3.8, 4) is 0 Å². The van der Waals surface area contributed by atoms with E-state index in [9.17, 15) is 0 Å². The lowest BCUT2D eigenvalue weighted by atomic mass is 10.2. The average molecular weight is 128 g/mol. The van der Waals surface area contributed by atoms with E-state index < -0.39 is 0 Å². The number of ether oxygens (including phenoxy) is 1. The van der Waals surface area contributed by atoms with Gasteiger partial charge in [0.25, 0.3) is 0 Å². The van der Waals surface area contributed by atoms with Crippen LogP contribution in [0.3, 0.4) is 0 Å². The summed E-state index contributed by atoms with van der Waals surface area (Å²) in [7, 11) is 0. The Kier molecular flexibility index (Phi) is 1.80. The third-order valence-corrected chi connectivity index (χ3v) is 1.72. The molecule has 0 aliphatic heterocycles. The fraction of sp³-hybridized carbons (Fsp3) is 1.00. The molecule has 1 heteroatoms. The van der Waals surface area contributed by atoms with Crippen molar-refractivity contribution >= 4 is 0 Å². The molecule has 0 N–H and O–H groups in total. The fourth-order valence-corrected chi connectivity index (χ4v) is 0.688. The summed E-state index contributed by atoms with van der Waals surface area (Å²) in [6.45, 7) is 7.49. The summed E-state index contributed by atoms with van der Waals surface area (Å²) in [5, 5.41) is 0. The SMILES string of the molecule is CC(C)COC1(C)CC1. The second-order valence-electron chi connectivity index (χ2n) is 3.65. The van der Waals surface area contributed by atoms with Crippen molar-refractivity contribution in [3.63, 3.8) is 0 Å². The molecular weight excluding hydrogens is 112 g/mol. The highest BCUT2D eigenvalue weighted by Gasteiger charge is 2.38. The largest absolute Gasteiger partial charge is 0.375 e. The van der Waals surface area contributed by atoms with Crippen molar-refractivity contribution in [1.29, 1.82) is 0 Å². The molecule has 0 aromatic rings. The van der Waals surface area contributed by atoms with Crippen LogP contribution in [0.25, 0.3) is 0 Å². The van der Waals surface area contributed by atoms with Crippen molar-refractivity contribution in [2.45, 2.75) is 39.2 Å². The average Bonchev–Trinajstić information content (AvgIpc) is 2.45. The van der Waals surface area contributed by atoms with Crippen LogP contribution in [0.2, 0.25) is 0 Å². The number of rotatable bonds is 3. The van der Waals surface area contributed by atoms with Gasteiger partial charge in [-0.25, -0.2) is 0 Å².